The van der Waals surface area contributed by atoms with Gasteiger partial charge >= 0.3 is 0 Å². The van der Waals surface area contributed by atoms with E-state index < -0.39 is 17.9 Å². The number of rotatable bonds is 6. The first kappa shape index (κ1) is 17.4. The highest BCUT2D eigenvalue weighted by Gasteiger charge is 2.20. The molecule has 0 bridgehead atoms. The average Bonchev–Trinajstić information content (AvgIpc) is 2.71. The molecule has 0 unspecified atom stereocenters. The molecule has 0 aliphatic carbocycles. The molecule has 0 N–H and O–H groups in total. The van der Waals surface area contributed by atoms with Crippen molar-refractivity contribution in [3.8, 4) is 0 Å². The van der Waals surface area contributed by atoms with Crippen molar-refractivity contribution in [2.45, 2.75) is 37.6 Å². The maximum Gasteiger partial charge on any atom is 0.230 e. The van der Waals surface area contributed by atoms with Gasteiger partial charge in [-0.25, -0.2) is 18.4 Å². The minimum absolute atomic E-state index is 0.0282. The molecule has 0 saturated heterocycles. The monoisotopic (exact) mass is 361 g/mol. The van der Waals surface area contributed by atoms with Crippen LogP contribution in [0.2, 0.25) is 30.8 Å². The van der Waals surface area contributed by atoms with Gasteiger partial charge < -0.3 is 4.74 Å². The summed E-state index contributed by atoms with van der Waals surface area (Å²) in [5.74, 6) is 0. The molecule has 0 aliphatic heterocycles. The normalized spacial score (nSPS) is 13.0. The van der Waals surface area contributed by atoms with Gasteiger partial charge in [0.25, 0.3) is 0 Å². The molecular formula is C13H20ClN3O3SSi. The van der Waals surface area contributed by atoms with Crippen molar-refractivity contribution in [2.24, 2.45) is 0 Å². The number of hydrogen-bond donors (Lipinski definition) is 0. The van der Waals surface area contributed by atoms with Crippen LogP contribution in [0.25, 0.3) is 11.0 Å². The fourth-order valence-corrected chi connectivity index (χ4v) is 3.64. The predicted octanol–water partition coefficient (Wildman–Crippen LogP) is 2.80. The number of ether oxygens (including phenoxy) is 1. The number of fused-ring (bicyclic) bond motifs is 1. The first-order chi connectivity index (χ1) is 10.1. The van der Waals surface area contributed by atoms with Gasteiger partial charge in [-0.2, -0.15) is 0 Å². The quantitative estimate of drug-likeness (QED) is 0.449. The molecule has 122 valence electrons. The van der Waals surface area contributed by atoms with Crippen LogP contribution >= 0.6 is 11.6 Å². The molecule has 22 heavy (non-hydrogen) atoms. The van der Waals surface area contributed by atoms with E-state index >= 15 is 0 Å². The van der Waals surface area contributed by atoms with Gasteiger partial charge in [-0.05, 0) is 6.04 Å². The summed E-state index contributed by atoms with van der Waals surface area (Å²) < 4.78 is 31.0. The molecule has 0 fully saturated rings. The van der Waals surface area contributed by atoms with E-state index in [1.165, 1.54) is 10.8 Å². The standard InChI is InChI=1S/C13H20ClN3O3SSi/c1-21(18,19)13-16-10-7-12(14)15-8-11(10)17(13)9-20-5-6-22(2,3)4/h7-8H,5-6,9H2,1-4H3. The van der Waals surface area contributed by atoms with Crippen molar-refractivity contribution < 1.29 is 13.2 Å². The Hall–Kier alpha value is -0.963. The van der Waals surface area contributed by atoms with Crippen LogP contribution in [0.4, 0.5) is 0 Å². The zero-order chi connectivity index (χ0) is 16.5. The molecule has 2 rings (SSSR count). The van der Waals surface area contributed by atoms with Crippen molar-refractivity contribution >= 4 is 40.5 Å². The van der Waals surface area contributed by atoms with Gasteiger partial charge in [0.05, 0.1) is 17.2 Å². The largest absolute Gasteiger partial charge is 0.361 e. The zero-order valence-corrected chi connectivity index (χ0v) is 15.7. The van der Waals surface area contributed by atoms with E-state index in [1.54, 1.807) is 6.07 Å². The number of hydrogen-bond acceptors (Lipinski definition) is 5. The number of halogens is 1. The van der Waals surface area contributed by atoms with Crippen LogP contribution in [0.1, 0.15) is 0 Å². The highest BCUT2D eigenvalue weighted by Crippen LogP contribution is 2.21. The second-order valence-corrected chi connectivity index (χ2v) is 14.4. The van der Waals surface area contributed by atoms with E-state index in [0.717, 1.165) is 12.3 Å². The minimum Gasteiger partial charge on any atom is -0.361 e. The lowest BCUT2D eigenvalue weighted by Crippen LogP contribution is -2.22. The van der Waals surface area contributed by atoms with Crippen LogP contribution in [0.5, 0.6) is 0 Å². The zero-order valence-electron chi connectivity index (χ0n) is 13.1. The van der Waals surface area contributed by atoms with Gasteiger partial charge in [0.1, 0.15) is 11.9 Å². The lowest BCUT2D eigenvalue weighted by Gasteiger charge is -2.16. The Morgan fingerprint density at radius 3 is 2.64 bits per heavy atom. The summed E-state index contributed by atoms with van der Waals surface area (Å²) >= 11 is 5.84. The Labute approximate surface area is 136 Å². The maximum absolute atomic E-state index is 11.9. The number of nitrogens with zero attached hydrogens (tertiary/aromatic N) is 3. The topological polar surface area (TPSA) is 74.1 Å². The van der Waals surface area contributed by atoms with Crippen LogP contribution in [0, 0.1) is 0 Å². The van der Waals surface area contributed by atoms with E-state index in [9.17, 15) is 8.42 Å². The molecule has 0 aromatic carbocycles. The van der Waals surface area contributed by atoms with E-state index in [-0.39, 0.29) is 17.0 Å². The Bertz CT molecular complexity index is 784. The van der Waals surface area contributed by atoms with Gasteiger partial charge in [-0.3, -0.25) is 4.57 Å². The van der Waals surface area contributed by atoms with Crippen LogP contribution < -0.4 is 0 Å². The molecule has 0 aliphatic rings. The summed E-state index contributed by atoms with van der Waals surface area (Å²) in [6, 6.07) is 2.56. The van der Waals surface area contributed by atoms with Crippen molar-refractivity contribution in [3.05, 3.63) is 17.4 Å². The lowest BCUT2D eigenvalue weighted by molar-refractivity contribution is 0.0838. The average molecular weight is 362 g/mol. The molecule has 6 nitrogen and oxygen atoms in total. The van der Waals surface area contributed by atoms with Crippen LogP contribution in [-0.4, -0.2) is 43.9 Å². The lowest BCUT2D eigenvalue weighted by atomic mass is 10.4. The second-order valence-electron chi connectivity index (χ2n) is 6.44. The van der Waals surface area contributed by atoms with Gasteiger partial charge in [0, 0.05) is 27.0 Å². The summed E-state index contributed by atoms with van der Waals surface area (Å²) in [6.45, 7) is 7.51. The molecule has 2 aromatic heterocycles. The van der Waals surface area contributed by atoms with Gasteiger partial charge in [-0.15, -0.1) is 0 Å². The first-order valence-electron chi connectivity index (χ1n) is 6.87. The molecule has 2 aromatic rings. The highest BCUT2D eigenvalue weighted by atomic mass is 35.5. The molecule has 9 heteroatoms. The number of sulfone groups is 1. The Morgan fingerprint density at radius 2 is 2.05 bits per heavy atom. The van der Waals surface area contributed by atoms with Crippen molar-refractivity contribution in [1.29, 1.82) is 0 Å². The fraction of sp³-hybridized carbons (Fsp3) is 0.538. The summed E-state index contributed by atoms with van der Waals surface area (Å²) in [5, 5.41) is 0.247. The van der Waals surface area contributed by atoms with E-state index in [4.69, 9.17) is 16.3 Å². The smallest absolute Gasteiger partial charge is 0.230 e. The number of imidazole rings is 1. The predicted molar refractivity (Wildman–Crippen MR) is 89.8 cm³/mol. The molecule has 0 spiro atoms. The second kappa shape index (κ2) is 6.27. The fourth-order valence-electron chi connectivity index (χ4n) is 1.92. The highest BCUT2D eigenvalue weighted by molar-refractivity contribution is 7.90. The van der Waals surface area contributed by atoms with E-state index in [0.29, 0.717) is 17.6 Å². The molecule has 0 saturated carbocycles. The van der Waals surface area contributed by atoms with Gasteiger partial charge in [0.15, 0.2) is 0 Å². The molecular weight excluding hydrogens is 342 g/mol. The van der Waals surface area contributed by atoms with Crippen molar-refractivity contribution in [3.63, 3.8) is 0 Å². The van der Waals surface area contributed by atoms with E-state index in [1.807, 2.05) is 0 Å². The van der Waals surface area contributed by atoms with Crippen molar-refractivity contribution in [1.82, 2.24) is 14.5 Å². The third kappa shape index (κ3) is 4.28. The molecule has 0 atom stereocenters. The van der Waals surface area contributed by atoms with E-state index in [2.05, 4.69) is 29.6 Å². The summed E-state index contributed by atoms with van der Waals surface area (Å²) in [7, 11) is -4.65. The minimum atomic E-state index is -3.46. The Morgan fingerprint density at radius 1 is 1.36 bits per heavy atom. The SMILES string of the molecule is C[Si](C)(C)CCOCn1c(S(C)(=O)=O)nc2cc(Cl)ncc21. The van der Waals surface area contributed by atoms with Crippen LogP contribution in [-0.2, 0) is 21.3 Å². The number of pyridine rings is 1. The summed E-state index contributed by atoms with van der Waals surface area (Å²) in [4.78, 5) is 8.14. The third-order valence-corrected chi connectivity index (χ3v) is 6.00. The Kier molecular flexibility index (Phi) is 4.95. The molecule has 0 amide bonds. The van der Waals surface area contributed by atoms with Crippen molar-refractivity contribution in [2.75, 3.05) is 12.9 Å². The number of aromatic nitrogens is 3. The van der Waals surface area contributed by atoms with Crippen LogP contribution in [0.3, 0.4) is 0 Å². The van der Waals surface area contributed by atoms with Gasteiger partial charge in [0.2, 0.25) is 15.0 Å². The third-order valence-electron chi connectivity index (χ3n) is 3.11. The molecule has 2 heterocycles. The summed E-state index contributed by atoms with van der Waals surface area (Å²) in [6.07, 6.45) is 2.64. The van der Waals surface area contributed by atoms with Gasteiger partial charge in [-0.1, -0.05) is 31.2 Å². The van der Waals surface area contributed by atoms with Crippen LogP contribution in [0.15, 0.2) is 17.4 Å². The Balaban J connectivity index is 2.30. The maximum atomic E-state index is 11.9. The first-order valence-corrected chi connectivity index (χ1v) is 12.9. The summed E-state index contributed by atoms with van der Waals surface area (Å²) in [5.41, 5.74) is 1.09. The molecule has 0 radical (unpaired) electrons.